The molecule has 0 saturated carbocycles. The van der Waals surface area contributed by atoms with Crippen LogP contribution in [0.25, 0.3) is 0 Å². The molecule has 0 aromatic carbocycles. The van der Waals surface area contributed by atoms with Crippen LogP contribution in [0.4, 0.5) is 0 Å². The highest BCUT2D eigenvalue weighted by molar-refractivity contribution is 7.89. The highest BCUT2D eigenvalue weighted by Crippen LogP contribution is 1.93. The maximum absolute atomic E-state index is 9.97. The van der Waals surface area contributed by atoms with Crippen LogP contribution in [0.15, 0.2) is 8.80 Å². The summed E-state index contributed by atoms with van der Waals surface area (Å²) in [6.07, 6.45) is 1.41. The molecule has 0 bridgehead atoms. The lowest BCUT2D eigenvalue weighted by Gasteiger charge is -2.04. The van der Waals surface area contributed by atoms with Crippen LogP contribution in [-0.4, -0.2) is 31.3 Å². The first-order chi connectivity index (χ1) is 6.12. The second-order valence-electron chi connectivity index (χ2n) is 2.98. The van der Waals surface area contributed by atoms with Crippen molar-refractivity contribution in [3.63, 3.8) is 0 Å². The van der Waals surface area contributed by atoms with Crippen LogP contribution in [0.3, 0.4) is 0 Å². The van der Waals surface area contributed by atoms with Gasteiger partial charge in [0.15, 0.2) is 0 Å². The molecule has 0 saturated heterocycles. The van der Waals surface area contributed by atoms with Gasteiger partial charge < -0.3 is 5.11 Å². The summed E-state index contributed by atoms with van der Waals surface area (Å²) in [4.78, 5) is 18.5. The monoisotopic (exact) mass is 222 g/mol. The Bertz CT molecular complexity index is 324. The first-order valence-corrected chi connectivity index (χ1v) is 4.67. The molecular weight excluding hydrogens is 212 g/mol. The summed E-state index contributed by atoms with van der Waals surface area (Å²) in [6.45, 7) is 5.23. The molecule has 14 heavy (non-hydrogen) atoms. The molecule has 0 unspecified atom stereocenters. The van der Waals surface area contributed by atoms with Crippen molar-refractivity contribution in [3.05, 3.63) is 0 Å². The molecule has 0 atom stereocenters. The Hall–Kier alpha value is -1.33. The first kappa shape index (κ1) is 15.2. The molecular formula is C6H10N2O5S. The SMILES string of the molecule is CC(C)(C)O.O=C=NS(=O)(=O)N=C=O. The van der Waals surface area contributed by atoms with E-state index in [2.05, 4.69) is 8.80 Å². The van der Waals surface area contributed by atoms with Gasteiger partial charge >= 0.3 is 10.2 Å². The number of carbonyl (C=O) groups excluding carboxylic acids is 2. The lowest BCUT2D eigenvalue weighted by Crippen LogP contribution is -2.10. The van der Waals surface area contributed by atoms with E-state index in [-0.39, 0.29) is 0 Å². The molecule has 0 spiro atoms. The third kappa shape index (κ3) is 22.4. The zero-order valence-electron chi connectivity index (χ0n) is 7.88. The Balaban J connectivity index is 0. The number of aliphatic hydroxyl groups is 1. The fourth-order valence-corrected chi connectivity index (χ4v) is 0.344. The molecule has 0 radical (unpaired) electrons. The van der Waals surface area contributed by atoms with Crippen molar-refractivity contribution in [1.82, 2.24) is 0 Å². The van der Waals surface area contributed by atoms with Crippen LogP contribution in [0, 0.1) is 0 Å². The van der Waals surface area contributed by atoms with Crippen molar-refractivity contribution in [2.24, 2.45) is 8.80 Å². The molecule has 0 aromatic rings. The standard InChI is InChI=1S/C4H10O.C2N2O4S/c1-4(2,3)5;5-1-3-9(7,8)4-2-6/h5H,1-3H3;. The normalized spacial score (nSPS) is 10.0. The fourth-order valence-electron chi connectivity index (χ4n) is 0.115. The first-order valence-electron chi connectivity index (χ1n) is 3.28. The minimum absolute atomic E-state index is 0.500. The highest BCUT2D eigenvalue weighted by Gasteiger charge is 2.00. The second-order valence-corrected chi connectivity index (χ2v) is 4.24. The third-order valence-electron chi connectivity index (χ3n) is 0.305. The van der Waals surface area contributed by atoms with Crippen molar-refractivity contribution >= 4 is 22.4 Å². The molecule has 0 aliphatic carbocycles. The molecule has 0 aromatic heterocycles. The summed E-state index contributed by atoms with van der Waals surface area (Å²) < 4.78 is 24.3. The second kappa shape index (κ2) is 6.17. The van der Waals surface area contributed by atoms with Crippen molar-refractivity contribution in [3.8, 4) is 0 Å². The topological polar surface area (TPSA) is 113 Å². The summed E-state index contributed by atoms with van der Waals surface area (Å²) in [5.41, 5.74) is -0.500. The summed E-state index contributed by atoms with van der Waals surface area (Å²) in [5.74, 6) is 0. The van der Waals surface area contributed by atoms with Gasteiger partial charge in [0, 0.05) is 0 Å². The maximum Gasteiger partial charge on any atom is 0.383 e. The zero-order chi connectivity index (χ0) is 11.8. The van der Waals surface area contributed by atoms with Crippen molar-refractivity contribution < 1.29 is 23.1 Å². The number of nitrogens with zero attached hydrogens (tertiary/aromatic N) is 2. The number of rotatable bonds is 2. The molecule has 0 aliphatic rings. The van der Waals surface area contributed by atoms with Crippen LogP contribution >= 0.6 is 0 Å². The van der Waals surface area contributed by atoms with Crippen LogP contribution in [0.1, 0.15) is 20.8 Å². The number of hydrogen-bond acceptors (Lipinski definition) is 5. The van der Waals surface area contributed by atoms with E-state index in [4.69, 9.17) is 5.11 Å². The van der Waals surface area contributed by atoms with Crippen molar-refractivity contribution in [1.29, 1.82) is 0 Å². The number of isocyanates is 2. The Kier molecular flexibility index (Phi) is 6.68. The van der Waals surface area contributed by atoms with Gasteiger partial charge in [0.2, 0.25) is 0 Å². The molecule has 8 heteroatoms. The predicted octanol–water partition coefficient (Wildman–Crippen LogP) is -0.320. The van der Waals surface area contributed by atoms with Gasteiger partial charge in [0.25, 0.3) is 12.2 Å². The van der Waals surface area contributed by atoms with E-state index in [9.17, 15) is 18.0 Å². The molecule has 0 rings (SSSR count). The van der Waals surface area contributed by atoms with E-state index in [1.165, 1.54) is 0 Å². The van der Waals surface area contributed by atoms with Gasteiger partial charge in [-0.2, -0.15) is 8.42 Å². The van der Waals surface area contributed by atoms with Gasteiger partial charge in [-0.3, -0.25) is 0 Å². The smallest absolute Gasteiger partial charge is 0.383 e. The Labute approximate surface area is 81.4 Å². The van der Waals surface area contributed by atoms with E-state index in [1.54, 1.807) is 20.8 Å². The molecule has 80 valence electrons. The minimum atomic E-state index is -4.28. The van der Waals surface area contributed by atoms with E-state index in [1.807, 2.05) is 0 Å². The van der Waals surface area contributed by atoms with E-state index in [0.717, 1.165) is 0 Å². The van der Waals surface area contributed by atoms with Gasteiger partial charge in [0.05, 0.1) is 5.60 Å². The molecule has 0 amide bonds. The van der Waals surface area contributed by atoms with Crippen LogP contribution in [0.5, 0.6) is 0 Å². The van der Waals surface area contributed by atoms with Gasteiger partial charge in [0.1, 0.15) is 0 Å². The number of hydrogen-bond donors (Lipinski definition) is 1. The summed E-state index contributed by atoms with van der Waals surface area (Å²) in [5, 5.41) is 8.52. The summed E-state index contributed by atoms with van der Waals surface area (Å²) >= 11 is 0. The molecule has 1 N–H and O–H groups in total. The quantitative estimate of drug-likeness (QED) is 0.508. The lowest BCUT2D eigenvalue weighted by atomic mass is 10.2. The minimum Gasteiger partial charge on any atom is -0.391 e. The summed E-state index contributed by atoms with van der Waals surface area (Å²) in [7, 11) is -4.28. The van der Waals surface area contributed by atoms with Crippen LogP contribution in [0.2, 0.25) is 0 Å². The Morgan fingerprint density at radius 1 is 1.07 bits per heavy atom. The van der Waals surface area contributed by atoms with Crippen molar-refractivity contribution in [2.45, 2.75) is 26.4 Å². The molecule has 0 heterocycles. The molecule has 0 fully saturated rings. The molecule has 7 nitrogen and oxygen atoms in total. The van der Waals surface area contributed by atoms with Gasteiger partial charge in [-0.1, -0.05) is 8.80 Å². The van der Waals surface area contributed by atoms with E-state index >= 15 is 0 Å². The van der Waals surface area contributed by atoms with Crippen LogP contribution in [-0.2, 0) is 19.8 Å². The van der Waals surface area contributed by atoms with Crippen molar-refractivity contribution in [2.75, 3.05) is 0 Å². The summed E-state index contributed by atoms with van der Waals surface area (Å²) in [6, 6.07) is 0. The van der Waals surface area contributed by atoms with Gasteiger partial charge in [-0.05, 0) is 20.8 Å². The van der Waals surface area contributed by atoms with E-state index in [0.29, 0.717) is 12.2 Å². The average molecular weight is 222 g/mol. The van der Waals surface area contributed by atoms with Gasteiger partial charge in [-0.15, -0.1) is 0 Å². The van der Waals surface area contributed by atoms with E-state index < -0.39 is 15.8 Å². The fraction of sp³-hybridized carbons (Fsp3) is 0.667. The lowest BCUT2D eigenvalue weighted by molar-refractivity contribution is 0.102. The highest BCUT2D eigenvalue weighted by atomic mass is 32.2. The van der Waals surface area contributed by atoms with Gasteiger partial charge in [-0.25, -0.2) is 9.59 Å². The predicted molar refractivity (Wildman–Crippen MR) is 47.1 cm³/mol. The maximum atomic E-state index is 9.97. The average Bonchev–Trinajstić information content (AvgIpc) is 1.81. The van der Waals surface area contributed by atoms with Crippen LogP contribution < -0.4 is 0 Å². The Morgan fingerprint density at radius 2 is 1.29 bits per heavy atom. The Morgan fingerprint density at radius 3 is 1.43 bits per heavy atom. The molecule has 0 aliphatic heterocycles. The zero-order valence-corrected chi connectivity index (χ0v) is 8.70. The largest absolute Gasteiger partial charge is 0.391 e. The third-order valence-corrected chi connectivity index (χ3v) is 0.916.